The topological polar surface area (TPSA) is 40.6 Å². The highest BCUT2D eigenvalue weighted by atomic mass is 35.5. The first-order chi connectivity index (χ1) is 11.4. The fourth-order valence-electron chi connectivity index (χ4n) is 3.98. The maximum atomic E-state index is 12.9. The number of halogens is 1. The molecule has 1 heterocycles. The molecule has 1 aliphatic heterocycles. The van der Waals surface area contributed by atoms with Gasteiger partial charge >= 0.3 is 0 Å². The van der Waals surface area contributed by atoms with Crippen LogP contribution in [0.15, 0.2) is 29.2 Å². The van der Waals surface area contributed by atoms with Gasteiger partial charge in [-0.05, 0) is 69.3 Å². The summed E-state index contributed by atoms with van der Waals surface area (Å²) in [6.45, 7) is 4.63. The van der Waals surface area contributed by atoms with Crippen molar-refractivity contribution in [2.75, 3.05) is 20.1 Å². The molecule has 0 spiro atoms. The number of hydrogen-bond donors (Lipinski definition) is 0. The van der Waals surface area contributed by atoms with Gasteiger partial charge in [0.05, 0.1) is 4.90 Å². The van der Waals surface area contributed by atoms with E-state index in [2.05, 4.69) is 11.8 Å². The van der Waals surface area contributed by atoms with Crippen LogP contribution in [0.4, 0.5) is 0 Å². The highest BCUT2D eigenvalue weighted by Gasteiger charge is 2.37. The van der Waals surface area contributed by atoms with Gasteiger partial charge in [-0.15, -0.1) is 0 Å². The first-order valence-corrected chi connectivity index (χ1v) is 10.7. The summed E-state index contributed by atoms with van der Waals surface area (Å²) in [6.07, 6.45) is 5.49. The predicted molar refractivity (Wildman–Crippen MR) is 97.8 cm³/mol. The van der Waals surface area contributed by atoms with Crippen molar-refractivity contribution in [2.45, 2.75) is 56.0 Å². The predicted octanol–water partition coefficient (Wildman–Crippen LogP) is 3.61. The number of rotatable bonds is 4. The maximum absolute atomic E-state index is 12.9. The summed E-state index contributed by atoms with van der Waals surface area (Å²) in [5, 5.41) is 0.455. The lowest BCUT2D eigenvalue weighted by Crippen LogP contribution is -2.41. The third kappa shape index (κ3) is 3.79. The van der Waals surface area contributed by atoms with Crippen molar-refractivity contribution in [1.29, 1.82) is 0 Å². The Balaban J connectivity index is 1.66. The van der Waals surface area contributed by atoms with E-state index in [0.29, 0.717) is 11.1 Å². The Morgan fingerprint density at radius 2 is 1.88 bits per heavy atom. The summed E-state index contributed by atoms with van der Waals surface area (Å²) in [4.78, 5) is 2.85. The van der Waals surface area contributed by atoms with Crippen molar-refractivity contribution in [3.63, 3.8) is 0 Å². The van der Waals surface area contributed by atoms with Gasteiger partial charge in [-0.25, -0.2) is 8.42 Å². The van der Waals surface area contributed by atoms with E-state index in [0.717, 1.165) is 38.3 Å². The van der Waals surface area contributed by atoms with E-state index < -0.39 is 10.0 Å². The van der Waals surface area contributed by atoms with E-state index in [-0.39, 0.29) is 10.9 Å². The van der Waals surface area contributed by atoms with Gasteiger partial charge < -0.3 is 4.90 Å². The van der Waals surface area contributed by atoms with E-state index in [4.69, 9.17) is 11.6 Å². The second kappa shape index (κ2) is 7.32. The Labute approximate surface area is 150 Å². The van der Waals surface area contributed by atoms with Crippen LogP contribution in [0.1, 0.15) is 39.0 Å². The average molecular weight is 371 g/mol. The lowest BCUT2D eigenvalue weighted by atomic mass is 9.97. The Hall–Kier alpha value is -0.620. The molecule has 134 valence electrons. The van der Waals surface area contributed by atoms with Crippen molar-refractivity contribution in [1.82, 2.24) is 9.21 Å². The standard InChI is InChI=1S/C18H27ClN2O2S/c1-14-8-10-21(11-9-14)17-7-6-16(13-17)20(2)24(22,23)18-5-3-4-15(19)12-18/h3-5,12,14,16-17H,6-11,13H2,1-2H3/t16-,17+/m1/s1. The third-order valence-electron chi connectivity index (χ3n) is 5.70. The summed E-state index contributed by atoms with van der Waals surface area (Å²) in [5.41, 5.74) is 0. The second-order valence-electron chi connectivity index (χ2n) is 7.32. The number of likely N-dealkylation sites (tertiary alicyclic amines) is 1. The largest absolute Gasteiger partial charge is 0.300 e. The number of hydrogen-bond acceptors (Lipinski definition) is 3. The van der Waals surface area contributed by atoms with Gasteiger partial charge in [-0.3, -0.25) is 0 Å². The molecule has 0 N–H and O–H groups in total. The summed E-state index contributed by atoms with van der Waals surface area (Å²) >= 11 is 5.96. The number of benzene rings is 1. The molecule has 4 nitrogen and oxygen atoms in total. The fraction of sp³-hybridized carbons (Fsp3) is 0.667. The van der Waals surface area contributed by atoms with E-state index >= 15 is 0 Å². The van der Waals surface area contributed by atoms with Crippen LogP contribution >= 0.6 is 11.6 Å². The van der Waals surface area contributed by atoms with Gasteiger partial charge in [-0.2, -0.15) is 4.31 Å². The third-order valence-corrected chi connectivity index (χ3v) is 7.84. The first kappa shape index (κ1) is 18.2. The molecule has 3 rings (SSSR count). The Kier molecular flexibility index (Phi) is 5.55. The molecule has 0 unspecified atom stereocenters. The molecule has 0 radical (unpaired) electrons. The smallest absolute Gasteiger partial charge is 0.243 e. The molecule has 0 bridgehead atoms. The lowest BCUT2D eigenvalue weighted by molar-refractivity contribution is 0.136. The van der Waals surface area contributed by atoms with Gasteiger partial charge in [0.25, 0.3) is 0 Å². The van der Waals surface area contributed by atoms with Crippen molar-refractivity contribution < 1.29 is 8.42 Å². The average Bonchev–Trinajstić information content (AvgIpc) is 3.04. The number of sulfonamides is 1. The van der Waals surface area contributed by atoms with E-state index in [9.17, 15) is 8.42 Å². The number of piperidine rings is 1. The molecule has 2 atom stereocenters. The molecule has 2 aliphatic rings. The molecule has 1 aromatic carbocycles. The van der Waals surface area contributed by atoms with Gasteiger partial charge in [-0.1, -0.05) is 24.6 Å². The summed E-state index contributed by atoms with van der Waals surface area (Å²) < 4.78 is 27.3. The molecular formula is C18H27ClN2O2S. The molecule has 1 saturated carbocycles. The van der Waals surface area contributed by atoms with E-state index in [1.54, 1.807) is 29.6 Å². The van der Waals surface area contributed by atoms with Crippen molar-refractivity contribution in [3.05, 3.63) is 29.3 Å². The molecular weight excluding hydrogens is 344 g/mol. The molecule has 6 heteroatoms. The summed E-state index contributed by atoms with van der Waals surface area (Å²) in [6, 6.07) is 7.15. The van der Waals surface area contributed by atoms with Gasteiger partial charge in [0.15, 0.2) is 0 Å². The minimum atomic E-state index is -3.48. The maximum Gasteiger partial charge on any atom is 0.243 e. The van der Waals surface area contributed by atoms with Crippen LogP contribution in [0.3, 0.4) is 0 Å². The van der Waals surface area contributed by atoms with Crippen LogP contribution in [0.2, 0.25) is 5.02 Å². The molecule has 0 amide bonds. The van der Waals surface area contributed by atoms with Crippen molar-refractivity contribution in [2.24, 2.45) is 5.92 Å². The van der Waals surface area contributed by atoms with Gasteiger partial charge in [0.2, 0.25) is 10.0 Å². The quantitative estimate of drug-likeness (QED) is 0.812. The highest BCUT2D eigenvalue weighted by Crippen LogP contribution is 2.32. The van der Waals surface area contributed by atoms with Crippen molar-refractivity contribution >= 4 is 21.6 Å². The van der Waals surface area contributed by atoms with Crippen LogP contribution in [-0.2, 0) is 10.0 Å². The van der Waals surface area contributed by atoms with Gasteiger partial charge in [0, 0.05) is 24.2 Å². The van der Waals surface area contributed by atoms with Crippen LogP contribution in [0, 0.1) is 5.92 Å². The zero-order valence-electron chi connectivity index (χ0n) is 14.5. The normalized spacial score (nSPS) is 27.0. The van der Waals surface area contributed by atoms with Crippen LogP contribution in [0.25, 0.3) is 0 Å². The zero-order chi connectivity index (χ0) is 17.3. The summed E-state index contributed by atoms with van der Waals surface area (Å²) in [7, 11) is -1.77. The molecule has 0 aromatic heterocycles. The lowest BCUT2D eigenvalue weighted by Gasteiger charge is -2.35. The number of nitrogens with zero attached hydrogens (tertiary/aromatic N) is 2. The highest BCUT2D eigenvalue weighted by molar-refractivity contribution is 7.89. The minimum absolute atomic E-state index is 0.0818. The molecule has 1 aliphatic carbocycles. The monoisotopic (exact) mass is 370 g/mol. The molecule has 24 heavy (non-hydrogen) atoms. The van der Waals surface area contributed by atoms with Gasteiger partial charge in [0.1, 0.15) is 0 Å². The second-order valence-corrected chi connectivity index (χ2v) is 9.75. The van der Waals surface area contributed by atoms with Crippen LogP contribution < -0.4 is 0 Å². The summed E-state index contributed by atoms with van der Waals surface area (Å²) in [5.74, 6) is 0.823. The Morgan fingerprint density at radius 3 is 2.54 bits per heavy atom. The minimum Gasteiger partial charge on any atom is -0.300 e. The first-order valence-electron chi connectivity index (χ1n) is 8.85. The molecule has 1 aromatic rings. The molecule has 2 fully saturated rings. The Bertz CT molecular complexity index is 671. The SMILES string of the molecule is CC1CCN([C@H]2CC[C@@H](N(C)S(=O)(=O)c3cccc(Cl)c3)C2)CC1. The van der Waals surface area contributed by atoms with Crippen molar-refractivity contribution in [3.8, 4) is 0 Å². The van der Waals surface area contributed by atoms with E-state index in [1.807, 2.05) is 0 Å². The van der Waals surface area contributed by atoms with Crippen LogP contribution in [0.5, 0.6) is 0 Å². The van der Waals surface area contributed by atoms with E-state index in [1.165, 1.54) is 18.9 Å². The zero-order valence-corrected chi connectivity index (χ0v) is 16.1. The fourth-order valence-corrected chi connectivity index (χ4v) is 5.68. The molecule has 1 saturated heterocycles. The Morgan fingerprint density at radius 1 is 1.17 bits per heavy atom. The van der Waals surface area contributed by atoms with Crippen LogP contribution in [-0.4, -0.2) is 49.8 Å².